The van der Waals surface area contributed by atoms with Crippen molar-refractivity contribution in [2.24, 2.45) is 5.73 Å². The summed E-state index contributed by atoms with van der Waals surface area (Å²) >= 11 is 0. The number of hydrogen-bond donors (Lipinski definition) is 1. The van der Waals surface area contributed by atoms with Crippen molar-refractivity contribution in [3.8, 4) is 0 Å². The van der Waals surface area contributed by atoms with E-state index < -0.39 is 0 Å². The van der Waals surface area contributed by atoms with Gasteiger partial charge in [-0.3, -0.25) is 0 Å². The lowest BCUT2D eigenvalue weighted by Crippen LogP contribution is -2.41. The van der Waals surface area contributed by atoms with Crippen molar-refractivity contribution in [1.82, 2.24) is 19.9 Å². The molecule has 2 N–H and O–H groups in total. The molecule has 2 fully saturated rings. The van der Waals surface area contributed by atoms with Crippen LogP contribution in [-0.2, 0) is 11.3 Å². The van der Waals surface area contributed by atoms with Crippen molar-refractivity contribution in [2.75, 3.05) is 61.1 Å². The zero-order chi connectivity index (χ0) is 21.9. The highest BCUT2D eigenvalue weighted by molar-refractivity contribution is 5.94. The fourth-order valence-electron chi connectivity index (χ4n) is 4.36. The molecule has 2 aliphatic heterocycles. The minimum Gasteiger partial charge on any atom is -0.378 e. The first-order chi connectivity index (χ1) is 15.7. The summed E-state index contributed by atoms with van der Waals surface area (Å²) in [7, 11) is 2.05. The number of fused-ring (bicyclic) bond motifs is 1. The molecule has 3 aromatic rings. The number of rotatable bonds is 5. The smallest absolute Gasteiger partial charge is 0.228 e. The molecule has 0 atom stereocenters. The summed E-state index contributed by atoms with van der Waals surface area (Å²) in [5.74, 6) is 2.40. The van der Waals surface area contributed by atoms with Crippen LogP contribution in [-0.4, -0.2) is 72.4 Å². The van der Waals surface area contributed by atoms with Crippen molar-refractivity contribution in [1.29, 1.82) is 0 Å². The molecule has 0 bridgehead atoms. The Labute approximate surface area is 188 Å². The van der Waals surface area contributed by atoms with Crippen LogP contribution >= 0.6 is 0 Å². The van der Waals surface area contributed by atoms with Gasteiger partial charge in [-0.05, 0) is 18.4 Å². The van der Waals surface area contributed by atoms with Crippen LogP contribution in [0.15, 0.2) is 36.7 Å². The van der Waals surface area contributed by atoms with Crippen LogP contribution in [0.4, 0.5) is 17.6 Å². The molecule has 2 saturated heterocycles. The molecule has 1 aromatic carbocycles. The van der Waals surface area contributed by atoms with Crippen LogP contribution in [0.5, 0.6) is 0 Å². The fraction of sp³-hybridized carbons (Fsp3) is 0.478. The molecule has 0 amide bonds. The first-order valence-electron chi connectivity index (χ1n) is 11.3. The Morgan fingerprint density at radius 1 is 0.969 bits per heavy atom. The Balaban J connectivity index is 1.57. The number of nitrogens with two attached hydrogens (primary N) is 1. The Bertz CT molecular complexity index is 1050. The Morgan fingerprint density at radius 2 is 1.72 bits per heavy atom. The van der Waals surface area contributed by atoms with Gasteiger partial charge >= 0.3 is 0 Å². The predicted octanol–water partition coefficient (Wildman–Crippen LogP) is 1.82. The normalized spacial score (nSPS) is 17.7. The van der Waals surface area contributed by atoms with Gasteiger partial charge in [0.2, 0.25) is 5.95 Å². The number of nitrogens with zero attached hydrogens (tertiary/aromatic N) is 7. The van der Waals surface area contributed by atoms with Gasteiger partial charge in [0.25, 0.3) is 0 Å². The number of aromatic nitrogens is 4. The molecule has 9 heteroatoms. The van der Waals surface area contributed by atoms with Gasteiger partial charge in [0.1, 0.15) is 17.4 Å². The Kier molecular flexibility index (Phi) is 6.00. The lowest BCUT2D eigenvalue weighted by molar-refractivity contribution is 0.122. The van der Waals surface area contributed by atoms with E-state index in [1.807, 2.05) is 13.1 Å². The molecule has 5 rings (SSSR count). The Hall–Kier alpha value is -3.04. The lowest BCUT2D eigenvalue weighted by atomic mass is 10.1. The van der Waals surface area contributed by atoms with E-state index in [1.54, 1.807) is 6.33 Å². The molecule has 0 radical (unpaired) electrons. The summed E-state index contributed by atoms with van der Waals surface area (Å²) in [6.07, 6.45) is 3.51. The van der Waals surface area contributed by atoms with Crippen LogP contribution in [0.2, 0.25) is 0 Å². The van der Waals surface area contributed by atoms with Gasteiger partial charge in [0, 0.05) is 45.8 Å². The molecule has 4 heterocycles. The van der Waals surface area contributed by atoms with Crippen LogP contribution in [0.1, 0.15) is 18.4 Å². The zero-order valence-electron chi connectivity index (χ0n) is 18.5. The number of benzene rings is 1. The van der Waals surface area contributed by atoms with Crippen LogP contribution < -0.4 is 20.4 Å². The summed E-state index contributed by atoms with van der Waals surface area (Å²) < 4.78 is 5.57. The van der Waals surface area contributed by atoms with Crippen molar-refractivity contribution < 1.29 is 4.74 Å². The van der Waals surface area contributed by atoms with Gasteiger partial charge in [-0.1, -0.05) is 30.3 Å². The third kappa shape index (κ3) is 4.31. The fourth-order valence-corrected chi connectivity index (χ4v) is 4.36. The summed E-state index contributed by atoms with van der Waals surface area (Å²) in [6, 6.07) is 10.6. The second-order valence-electron chi connectivity index (χ2n) is 8.51. The van der Waals surface area contributed by atoms with Gasteiger partial charge in [0.15, 0.2) is 11.6 Å². The first kappa shape index (κ1) is 20.8. The minimum absolute atomic E-state index is 0.251. The van der Waals surface area contributed by atoms with Crippen molar-refractivity contribution >= 4 is 28.6 Å². The van der Waals surface area contributed by atoms with Crippen LogP contribution in [0.3, 0.4) is 0 Å². The number of hydrogen-bond acceptors (Lipinski definition) is 9. The van der Waals surface area contributed by atoms with Gasteiger partial charge in [-0.25, -0.2) is 15.0 Å². The number of ether oxygens (including phenoxy) is 1. The maximum Gasteiger partial charge on any atom is 0.228 e. The molecule has 0 spiro atoms. The van der Waals surface area contributed by atoms with E-state index in [0.717, 1.165) is 74.2 Å². The zero-order valence-corrected chi connectivity index (χ0v) is 18.5. The maximum atomic E-state index is 6.13. The predicted molar refractivity (Wildman–Crippen MR) is 126 cm³/mol. The second kappa shape index (κ2) is 9.22. The monoisotopic (exact) mass is 434 g/mol. The average molecular weight is 435 g/mol. The summed E-state index contributed by atoms with van der Waals surface area (Å²) in [4.78, 5) is 25.9. The van der Waals surface area contributed by atoms with Gasteiger partial charge < -0.3 is 25.2 Å². The highest BCUT2D eigenvalue weighted by Gasteiger charge is 2.25. The SMILES string of the molecule is CN(Cc1ccccc1)c1ncnc2c(N3CCOCC3)nc(N3CCC(N)CC3)nc12. The highest BCUT2D eigenvalue weighted by Crippen LogP contribution is 2.31. The highest BCUT2D eigenvalue weighted by atomic mass is 16.5. The molecule has 9 nitrogen and oxygen atoms in total. The van der Waals surface area contributed by atoms with Gasteiger partial charge in [0.05, 0.1) is 13.2 Å². The van der Waals surface area contributed by atoms with E-state index in [0.29, 0.717) is 13.2 Å². The molecular weight excluding hydrogens is 404 g/mol. The third-order valence-corrected chi connectivity index (χ3v) is 6.19. The van der Waals surface area contributed by atoms with E-state index in [-0.39, 0.29) is 6.04 Å². The number of piperidine rings is 1. The molecule has 0 saturated carbocycles. The van der Waals surface area contributed by atoms with Gasteiger partial charge in [-0.2, -0.15) is 4.98 Å². The average Bonchev–Trinajstić information content (AvgIpc) is 2.84. The van der Waals surface area contributed by atoms with E-state index in [9.17, 15) is 0 Å². The van der Waals surface area contributed by atoms with Gasteiger partial charge in [-0.15, -0.1) is 0 Å². The van der Waals surface area contributed by atoms with E-state index >= 15 is 0 Å². The lowest BCUT2D eigenvalue weighted by Gasteiger charge is -2.33. The third-order valence-electron chi connectivity index (χ3n) is 6.19. The standard InChI is InChI=1S/C23H30N8O/c1-29(15-17-5-3-2-4-6-17)21-20-19(25-16-26-21)22(30-11-13-32-14-12-30)28-23(27-20)31-9-7-18(24)8-10-31/h2-6,16,18H,7-15,24H2,1H3. The second-order valence-corrected chi connectivity index (χ2v) is 8.51. The molecule has 32 heavy (non-hydrogen) atoms. The van der Waals surface area contributed by atoms with Crippen molar-refractivity contribution in [3.63, 3.8) is 0 Å². The van der Waals surface area contributed by atoms with E-state index in [4.69, 9.17) is 20.4 Å². The van der Waals surface area contributed by atoms with E-state index in [2.05, 4.69) is 48.9 Å². The molecule has 168 valence electrons. The summed E-state index contributed by atoms with van der Waals surface area (Å²) in [6.45, 7) is 5.40. The first-order valence-corrected chi connectivity index (χ1v) is 11.3. The molecule has 0 unspecified atom stereocenters. The van der Waals surface area contributed by atoms with Crippen molar-refractivity contribution in [3.05, 3.63) is 42.2 Å². The summed E-state index contributed by atoms with van der Waals surface area (Å²) in [5, 5.41) is 0. The number of anilines is 3. The maximum absolute atomic E-state index is 6.13. The molecule has 2 aliphatic rings. The topological polar surface area (TPSA) is 96.5 Å². The largest absolute Gasteiger partial charge is 0.378 e. The van der Waals surface area contributed by atoms with E-state index in [1.165, 1.54) is 5.56 Å². The molecule has 2 aromatic heterocycles. The van der Waals surface area contributed by atoms with Crippen LogP contribution in [0, 0.1) is 0 Å². The quantitative estimate of drug-likeness (QED) is 0.645. The Morgan fingerprint density at radius 3 is 2.47 bits per heavy atom. The minimum atomic E-state index is 0.251. The molecular formula is C23H30N8O. The molecule has 0 aliphatic carbocycles. The van der Waals surface area contributed by atoms with Crippen molar-refractivity contribution in [2.45, 2.75) is 25.4 Å². The summed E-state index contributed by atoms with van der Waals surface area (Å²) in [5.41, 5.74) is 8.92. The van der Waals surface area contributed by atoms with Crippen LogP contribution in [0.25, 0.3) is 11.0 Å². The number of morpholine rings is 1.